The first kappa shape index (κ1) is 46.8. The maximum atomic E-state index is 2.50. The maximum Gasteiger partial charge on any atom is 0.123 e. The Morgan fingerprint density at radius 1 is 0.304 bits per heavy atom. The topological polar surface area (TPSA) is 6.48 Å². The largest absolute Gasteiger partial charge is 0.345 e. The van der Waals surface area contributed by atoms with Crippen LogP contribution in [0, 0.1) is 0 Å². The molecule has 4 aliphatic heterocycles. The molecule has 3 spiro atoms. The standard InChI is InChI=1S/C75H62N2Si2/c1-76-67-19-7-9-21-71(67)78(43-11-12-44-78)73-41-37-57(49-69(73)76)55-33-27-51(28-34-55)23-25-53-31-39-61-62-40-32-54(48-66(62)75(65(61)47-53)63-17-5-3-15-59(63)60-16-4-6-18-64(60)75)26-24-52-29-35-56(36-30-52)58-38-42-74-70(50-58)77(2)68-20-8-10-22-72(68)79(74)45-13-14-46-79/h3-10,15-42,47-50H,11-14,43-46H2,1-2H3/b25-23+,26-24+. The fourth-order valence-corrected chi connectivity index (χ4v) is 27.3. The van der Waals surface area contributed by atoms with E-state index >= 15 is 0 Å². The van der Waals surface area contributed by atoms with Crippen LogP contribution in [0.15, 0.2) is 218 Å². The fourth-order valence-electron chi connectivity index (χ4n) is 16.1. The van der Waals surface area contributed by atoms with Gasteiger partial charge in [0, 0.05) is 36.8 Å². The van der Waals surface area contributed by atoms with Gasteiger partial charge in [0.2, 0.25) is 0 Å². The molecule has 0 bridgehead atoms. The second-order valence-electron chi connectivity index (χ2n) is 23.6. The average molecular weight is 1050 g/mol. The number of anilines is 4. The summed E-state index contributed by atoms with van der Waals surface area (Å²) in [6, 6.07) is 89.7. The summed E-state index contributed by atoms with van der Waals surface area (Å²) >= 11 is 0. The Balaban J connectivity index is 0.700. The van der Waals surface area contributed by atoms with Crippen LogP contribution in [0.2, 0.25) is 24.2 Å². The van der Waals surface area contributed by atoms with Gasteiger partial charge >= 0.3 is 0 Å². The molecule has 0 N–H and O–H groups in total. The van der Waals surface area contributed by atoms with E-state index in [2.05, 4.69) is 267 Å². The van der Waals surface area contributed by atoms with E-state index in [4.69, 9.17) is 0 Å². The smallest absolute Gasteiger partial charge is 0.123 e. The molecule has 6 aliphatic rings. The minimum absolute atomic E-state index is 0.440. The van der Waals surface area contributed by atoms with Gasteiger partial charge in [-0.05, 0) is 170 Å². The van der Waals surface area contributed by atoms with Crippen LogP contribution in [0.3, 0.4) is 0 Å². The number of nitrogens with zero attached hydrogens (tertiary/aromatic N) is 2. The summed E-state index contributed by atoms with van der Waals surface area (Å²) < 4.78 is 0. The molecule has 2 nitrogen and oxygen atoms in total. The van der Waals surface area contributed by atoms with Gasteiger partial charge in [0.25, 0.3) is 0 Å². The minimum Gasteiger partial charge on any atom is -0.345 e. The summed E-state index contributed by atoms with van der Waals surface area (Å²) in [7, 11) is 1.05. The molecular weight excluding hydrogens is 985 g/mol. The molecule has 0 radical (unpaired) electrons. The third kappa shape index (κ3) is 6.87. The van der Waals surface area contributed by atoms with Crippen LogP contribution in [-0.2, 0) is 5.41 Å². The Hall–Kier alpha value is -8.29. The molecular formula is C75H62N2Si2. The van der Waals surface area contributed by atoms with Crippen molar-refractivity contribution in [2.24, 2.45) is 0 Å². The molecule has 2 aliphatic carbocycles. The van der Waals surface area contributed by atoms with Crippen LogP contribution in [0.4, 0.5) is 22.7 Å². The predicted molar refractivity (Wildman–Crippen MR) is 341 cm³/mol. The number of rotatable bonds is 6. The van der Waals surface area contributed by atoms with Gasteiger partial charge < -0.3 is 9.80 Å². The molecule has 0 saturated carbocycles. The van der Waals surface area contributed by atoms with E-state index in [0.29, 0.717) is 0 Å². The number of fused-ring (bicyclic) bond motifs is 18. The number of para-hydroxylation sites is 2. The van der Waals surface area contributed by atoms with E-state index in [1.54, 1.807) is 20.7 Å². The highest BCUT2D eigenvalue weighted by Gasteiger charge is 2.52. The van der Waals surface area contributed by atoms with Crippen molar-refractivity contribution in [2.75, 3.05) is 23.9 Å². The average Bonchev–Trinajstić information content (AvgIpc) is 2.90. The van der Waals surface area contributed by atoms with Crippen molar-refractivity contribution in [1.82, 2.24) is 0 Å². The van der Waals surface area contributed by atoms with Crippen molar-refractivity contribution in [3.05, 3.63) is 263 Å². The molecule has 0 aromatic heterocycles. The van der Waals surface area contributed by atoms with Gasteiger partial charge in [0.15, 0.2) is 0 Å². The van der Waals surface area contributed by atoms with E-state index in [9.17, 15) is 0 Å². The first-order chi connectivity index (χ1) is 38.9. The highest BCUT2D eigenvalue weighted by molar-refractivity contribution is 7.05. The maximum absolute atomic E-state index is 2.50. The SMILES string of the molecule is CN1c2ccccc2[Si]2(CCCC2)c2ccc(-c3ccc(/C=C/c4ccc5c(c4)C4(c6ccccc6-c6ccccc64)c4cc(/C=C/c6ccc(-c7ccc8c(c7)N(C)c7ccccc7[Si]87CCCC7)cc6)ccc4-5)cc3)cc21. The molecule has 4 heteroatoms. The minimum atomic E-state index is -1.74. The van der Waals surface area contributed by atoms with Crippen molar-refractivity contribution in [1.29, 1.82) is 0 Å². The second-order valence-corrected chi connectivity index (χ2v) is 32.0. The quantitative estimate of drug-likeness (QED) is 0.121. The molecule has 0 atom stereocenters. The van der Waals surface area contributed by atoms with Gasteiger partial charge in [0.1, 0.15) is 16.1 Å². The Bertz CT molecular complexity index is 3920. The number of hydrogen-bond acceptors (Lipinski definition) is 2. The molecule has 10 aromatic carbocycles. The Kier molecular flexibility index (Phi) is 10.6. The van der Waals surface area contributed by atoms with Crippen molar-refractivity contribution in [2.45, 2.75) is 55.3 Å². The van der Waals surface area contributed by atoms with Crippen molar-refractivity contribution in [3.8, 4) is 44.5 Å². The Morgan fingerprint density at radius 3 is 1.09 bits per heavy atom. The zero-order valence-corrected chi connectivity index (χ0v) is 47.1. The van der Waals surface area contributed by atoms with Gasteiger partial charge in [-0.3, -0.25) is 0 Å². The van der Waals surface area contributed by atoms with Gasteiger partial charge in [-0.2, -0.15) is 0 Å². The van der Waals surface area contributed by atoms with Crippen LogP contribution < -0.4 is 30.5 Å². The second kappa shape index (κ2) is 17.9. The van der Waals surface area contributed by atoms with Crippen LogP contribution >= 0.6 is 0 Å². The number of benzene rings is 10. The molecule has 0 amide bonds. The van der Waals surface area contributed by atoms with E-state index in [-0.39, 0.29) is 0 Å². The van der Waals surface area contributed by atoms with Crippen LogP contribution in [-0.4, -0.2) is 30.2 Å². The van der Waals surface area contributed by atoms with Crippen molar-refractivity contribution in [3.63, 3.8) is 0 Å². The normalized spacial score (nSPS) is 17.0. The molecule has 380 valence electrons. The molecule has 2 fully saturated rings. The van der Waals surface area contributed by atoms with Crippen LogP contribution in [0.1, 0.15) is 70.2 Å². The summed E-state index contributed by atoms with van der Waals surface area (Å²) in [5, 5.41) is 6.55. The van der Waals surface area contributed by atoms with E-state index in [1.807, 2.05) is 0 Å². The van der Waals surface area contributed by atoms with Crippen molar-refractivity contribution >= 4 is 83.9 Å². The summed E-state index contributed by atoms with van der Waals surface area (Å²) in [6.45, 7) is 0. The Morgan fingerprint density at radius 2 is 0.646 bits per heavy atom. The van der Waals surface area contributed by atoms with Gasteiger partial charge in [0.05, 0.1) is 5.41 Å². The lowest BCUT2D eigenvalue weighted by Crippen LogP contribution is -2.61. The highest BCUT2D eigenvalue weighted by Crippen LogP contribution is 2.63. The zero-order valence-electron chi connectivity index (χ0n) is 45.1. The molecule has 16 rings (SSSR count). The van der Waals surface area contributed by atoms with Crippen LogP contribution in [0.25, 0.3) is 68.8 Å². The van der Waals surface area contributed by atoms with E-state index < -0.39 is 21.6 Å². The Labute approximate surface area is 467 Å². The summed E-state index contributed by atoms with van der Waals surface area (Å²) in [5.41, 5.74) is 25.8. The van der Waals surface area contributed by atoms with E-state index in [1.165, 1.54) is 162 Å². The lowest BCUT2D eigenvalue weighted by atomic mass is 9.70. The fraction of sp³-hybridized carbons (Fsp3) is 0.147. The third-order valence-corrected chi connectivity index (χ3v) is 30.4. The summed E-state index contributed by atoms with van der Waals surface area (Å²) in [5.74, 6) is 0. The molecule has 10 aromatic rings. The lowest BCUT2D eigenvalue weighted by Gasteiger charge is -2.41. The van der Waals surface area contributed by atoms with Gasteiger partial charge in [-0.1, -0.05) is 232 Å². The van der Waals surface area contributed by atoms with Crippen molar-refractivity contribution < 1.29 is 0 Å². The molecule has 0 unspecified atom stereocenters. The third-order valence-electron chi connectivity index (χ3n) is 19.8. The first-order valence-corrected chi connectivity index (χ1v) is 33.8. The van der Waals surface area contributed by atoms with Gasteiger partial charge in [-0.25, -0.2) is 0 Å². The lowest BCUT2D eigenvalue weighted by molar-refractivity contribution is 0.793. The predicted octanol–water partition coefficient (Wildman–Crippen LogP) is 16.6. The first-order valence-electron chi connectivity index (χ1n) is 28.9. The van der Waals surface area contributed by atoms with Gasteiger partial charge in [-0.15, -0.1) is 0 Å². The zero-order chi connectivity index (χ0) is 52.5. The highest BCUT2D eigenvalue weighted by atomic mass is 28.3. The summed E-state index contributed by atoms with van der Waals surface area (Å²) in [4.78, 5) is 4.91. The molecule has 79 heavy (non-hydrogen) atoms. The molecule has 4 heterocycles. The number of hydrogen-bond donors (Lipinski definition) is 0. The van der Waals surface area contributed by atoms with E-state index in [0.717, 1.165) is 0 Å². The van der Waals surface area contributed by atoms with Crippen LogP contribution in [0.5, 0.6) is 0 Å². The molecule has 2 saturated heterocycles. The monoisotopic (exact) mass is 1050 g/mol. The summed E-state index contributed by atoms with van der Waals surface area (Å²) in [6.07, 6.45) is 14.6.